The van der Waals surface area contributed by atoms with Gasteiger partial charge in [0, 0.05) is 12.2 Å². The molecule has 0 unspecified atom stereocenters. The molecule has 4 heteroatoms. The molecule has 0 saturated heterocycles. The maximum atomic E-state index is 5.46. The summed E-state index contributed by atoms with van der Waals surface area (Å²) < 4.78 is 0. The van der Waals surface area contributed by atoms with Crippen LogP contribution < -0.4 is 16.6 Å². The fourth-order valence-electron chi connectivity index (χ4n) is 1.59. The molecule has 0 heterocycles. The Morgan fingerprint density at radius 1 is 1.21 bits per heavy atom. The molecular weight excluding hydrogens is 236 g/mol. The number of hydrogen-bond acceptors (Lipinski definition) is 2. The Bertz CT molecular complexity index is 413. The summed E-state index contributed by atoms with van der Waals surface area (Å²) in [5.74, 6) is 6.57. The second-order valence-electron chi connectivity index (χ2n) is 6.18. The first kappa shape index (κ1) is 15.5. The van der Waals surface area contributed by atoms with Crippen molar-refractivity contribution < 1.29 is 0 Å². The van der Waals surface area contributed by atoms with E-state index in [2.05, 4.69) is 62.5 Å². The van der Waals surface area contributed by atoms with Crippen LogP contribution in [0.25, 0.3) is 0 Å². The van der Waals surface area contributed by atoms with Crippen LogP contribution >= 0.6 is 0 Å². The first-order valence-electron chi connectivity index (χ1n) is 6.71. The topological polar surface area (TPSA) is 62.4 Å². The standard InChI is InChI=1S/C15H26N4/c1-11(2)10-17-14(19-16)18-13-8-6-12(7-9-13)15(3,4)5/h6-9,11H,10,16H2,1-5H3,(H2,17,18,19). The van der Waals surface area contributed by atoms with Crippen molar-refractivity contribution in [3.05, 3.63) is 29.8 Å². The average molecular weight is 262 g/mol. The highest BCUT2D eigenvalue weighted by Crippen LogP contribution is 2.23. The van der Waals surface area contributed by atoms with Gasteiger partial charge in [-0.2, -0.15) is 0 Å². The van der Waals surface area contributed by atoms with Gasteiger partial charge in [0.1, 0.15) is 0 Å². The molecule has 0 aromatic heterocycles. The second-order valence-corrected chi connectivity index (χ2v) is 6.18. The fourth-order valence-corrected chi connectivity index (χ4v) is 1.59. The summed E-state index contributed by atoms with van der Waals surface area (Å²) in [6.45, 7) is 11.6. The van der Waals surface area contributed by atoms with Gasteiger partial charge in [0.2, 0.25) is 5.96 Å². The smallest absolute Gasteiger partial charge is 0.210 e. The first-order valence-corrected chi connectivity index (χ1v) is 6.71. The molecule has 4 N–H and O–H groups in total. The van der Waals surface area contributed by atoms with Crippen LogP contribution in [0.4, 0.5) is 5.69 Å². The molecule has 0 spiro atoms. The number of nitrogens with one attached hydrogen (secondary N) is 2. The van der Waals surface area contributed by atoms with Gasteiger partial charge < -0.3 is 5.32 Å². The zero-order chi connectivity index (χ0) is 14.5. The van der Waals surface area contributed by atoms with Crippen LogP contribution in [0.15, 0.2) is 29.3 Å². The van der Waals surface area contributed by atoms with E-state index >= 15 is 0 Å². The Balaban J connectivity index is 2.74. The van der Waals surface area contributed by atoms with Crippen molar-refractivity contribution in [2.24, 2.45) is 16.8 Å². The Labute approximate surface area is 116 Å². The van der Waals surface area contributed by atoms with Crippen LogP contribution in [-0.4, -0.2) is 12.5 Å². The van der Waals surface area contributed by atoms with E-state index in [4.69, 9.17) is 5.84 Å². The predicted molar refractivity (Wildman–Crippen MR) is 83.2 cm³/mol. The van der Waals surface area contributed by atoms with E-state index in [0.717, 1.165) is 12.2 Å². The van der Waals surface area contributed by atoms with E-state index in [1.165, 1.54) is 5.56 Å². The molecule has 0 bridgehead atoms. The van der Waals surface area contributed by atoms with Crippen molar-refractivity contribution in [1.82, 2.24) is 5.43 Å². The van der Waals surface area contributed by atoms with Crippen molar-refractivity contribution in [3.8, 4) is 0 Å². The molecule has 0 aliphatic rings. The molecule has 19 heavy (non-hydrogen) atoms. The van der Waals surface area contributed by atoms with Gasteiger partial charge in [0.15, 0.2) is 0 Å². The summed E-state index contributed by atoms with van der Waals surface area (Å²) in [6, 6.07) is 8.34. The lowest BCUT2D eigenvalue weighted by Crippen LogP contribution is -2.36. The summed E-state index contributed by atoms with van der Waals surface area (Å²) in [4.78, 5) is 4.38. The Morgan fingerprint density at radius 3 is 2.21 bits per heavy atom. The van der Waals surface area contributed by atoms with Crippen molar-refractivity contribution >= 4 is 11.6 Å². The van der Waals surface area contributed by atoms with Gasteiger partial charge in [0.05, 0.1) is 0 Å². The Kier molecular flexibility index (Phi) is 5.36. The summed E-state index contributed by atoms with van der Waals surface area (Å²) in [5.41, 5.74) is 5.04. The lowest BCUT2D eigenvalue weighted by Gasteiger charge is -2.19. The van der Waals surface area contributed by atoms with Crippen LogP contribution in [0.3, 0.4) is 0 Å². The Morgan fingerprint density at radius 2 is 1.79 bits per heavy atom. The fraction of sp³-hybridized carbons (Fsp3) is 0.533. The molecule has 106 valence electrons. The minimum absolute atomic E-state index is 0.166. The monoisotopic (exact) mass is 262 g/mol. The molecule has 1 rings (SSSR count). The maximum Gasteiger partial charge on any atom is 0.210 e. The zero-order valence-electron chi connectivity index (χ0n) is 12.6. The second kappa shape index (κ2) is 6.57. The predicted octanol–water partition coefficient (Wildman–Crippen LogP) is 2.87. The van der Waals surface area contributed by atoms with E-state index < -0.39 is 0 Å². The molecule has 4 nitrogen and oxygen atoms in total. The lowest BCUT2D eigenvalue weighted by molar-refractivity contribution is 0.590. The highest BCUT2D eigenvalue weighted by atomic mass is 15.3. The number of aliphatic imine (C=N–C) groups is 1. The molecular formula is C15H26N4. The molecule has 0 fully saturated rings. The maximum absolute atomic E-state index is 5.46. The van der Waals surface area contributed by atoms with E-state index in [1.807, 2.05) is 12.1 Å². The highest BCUT2D eigenvalue weighted by molar-refractivity contribution is 5.93. The van der Waals surface area contributed by atoms with Crippen molar-refractivity contribution in [3.63, 3.8) is 0 Å². The van der Waals surface area contributed by atoms with Gasteiger partial charge in [-0.1, -0.05) is 46.8 Å². The van der Waals surface area contributed by atoms with E-state index in [1.54, 1.807) is 0 Å². The van der Waals surface area contributed by atoms with Crippen LogP contribution in [0.5, 0.6) is 0 Å². The normalized spacial score (nSPS) is 12.7. The zero-order valence-corrected chi connectivity index (χ0v) is 12.6. The van der Waals surface area contributed by atoms with Crippen molar-refractivity contribution in [2.45, 2.75) is 40.0 Å². The average Bonchev–Trinajstić information content (AvgIpc) is 2.33. The number of guanidine groups is 1. The highest BCUT2D eigenvalue weighted by Gasteiger charge is 2.12. The third-order valence-electron chi connectivity index (χ3n) is 2.76. The number of anilines is 1. The van der Waals surface area contributed by atoms with Crippen molar-refractivity contribution in [1.29, 1.82) is 0 Å². The lowest BCUT2D eigenvalue weighted by atomic mass is 9.87. The van der Waals surface area contributed by atoms with Crippen molar-refractivity contribution in [2.75, 3.05) is 11.9 Å². The minimum Gasteiger partial charge on any atom is -0.325 e. The molecule has 1 aromatic rings. The van der Waals surface area contributed by atoms with Gasteiger partial charge in [-0.25, -0.2) is 5.84 Å². The Hall–Kier alpha value is -1.55. The molecule has 0 amide bonds. The van der Waals surface area contributed by atoms with Crippen LogP contribution in [-0.2, 0) is 5.41 Å². The summed E-state index contributed by atoms with van der Waals surface area (Å²) in [6.07, 6.45) is 0. The number of hydrogen-bond donors (Lipinski definition) is 3. The molecule has 0 atom stereocenters. The molecule has 1 aromatic carbocycles. The molecule has 0 saturated carbocycles. The summed E-state index contributed by atoms with van der Waals surface area (Å²) >= 11 is 0. The number of nitrogens with zero attached hydrogens (tertiary/aromatic N) is 1. The number of hydrazine groups is 1. The minimum atomic E-state index is 0.166. The van der Waals surface area contributed by atoms with Crippen LogP contribution in [0.2, 0.25) is 0 Å². The number of benzene rings is 1. The number of nitrogens with two attached hydrogens (primary N) is 1. The molecule has 0 radical (unpaired) electrons. The van der Waals surface area contributed by atoms with Gasteiger partial charge in [-0.3, -0.25) is 10.4 Å². The summed E-state index contributed by atoms with van der Waals surface area (Å²) in [5, 5.41) is 3.18. The third kappa shape index (κ3) is 5.30. The first-order chi connectivity index (χ1) is 8.82. The van der Waals surface area contributed by atoms with Gasteiger partial charge in [0.25, 0.3) is 0 Å². The molecule has 0 aliphatic carbocycles. The largest absolute Gasteiger partial charge is 0.325 e. The van der Waals surface area contributed by atoms with Gasteiger partial charge in [-0.05, 0) is 29.0 Å². The van der Waals surface area contributed by atoms with Gasteiger partial charge in [-0.15, -0.1) is 0 Å². The SMILES string of the molecule is CC(C)CN=C(NN)Nc1ccc(C(C)(C)C)cc1. The van der Waals surface area contributed by atoms with E-state index in [-0.39, 0.29) is 5.41 Å². The molecule has 0 aliphatic heterocycles. The quantitative estimate of drug-likeness (QED) is 0.340. The van der Waals surface area contributed by atoms with E-state index in [0.29, 0.717) is 11.9 Å². The summed E-state index contributed by atoms with van der Waals surface area (Å²) in [7, 11) is 0. The van der Waals surface area contributed by atoms with Crippen LogP contribution in [0, 0.1) is 5.92 Å². The van der Waals surface area contributed by atoms with Crippen LogP contribution in [0.1, 0.15) is 40.2 Å². The van der Waals surface area contributed by atoms with Gasteiger partial charge >= 0.3 is 0 Å². The number of rotatable bonds is 3. The van der Waals surface area contributed by atoms with E-state index in [9.17, 15) is 0 Å². The third-order valence-corrected chi connectivity index (χ3v) is 2.76.